The summed E-state index contributed by atoms with van der Waals surface area (Å²) in [7, 11) is 0. The smallest absolute Gasteiger partial charge is 0.223 e. The van der Waals surface area contributed by atoms with Crippen molar-refractivity contribution in [2.75, 3.05) is 6.54 Å². The van der Waals surface area contributed by atoms with Crippen molar-refractivity contribution in [2.45, 2.75) is 43.8 Å². The normalized spacial score (nSPS) is 28.1. The van der Waals surface area contributed by atoms with Gasteiger partial charge >= 0.3 is 0 Å². The van der Waals surface area contributed by atoms with Crippen molar-refractivity contribution in [3.8, 4) is 0 Å². The second-order valence-electron chi connectivity index (χ2n) is 8.10. The van der Waals surface area contributed by atoms with Gasteiger partial charge in [-0.25, -0.2) is 0 Å². The highest BCUT2D eigenvalue weighted by atomic mass is 16.6. The summed E-state index contributed by atoms with van der Waals surface area (Å²) in [5.41, 5.74) is 7.46. The van der Waals surface area contributed by atoms with Gasteiger partial charge in [0.05, 0.1) is 0 Å². The van der Waals surface area contributed by atoms with Gasteiger partial charge in [-0.15, -0.1) is 0 Å². The standard InChI is InChI=1S/C24H28N2O3/c25-22(27)19-13-7-14-20(19)23(28)26-16-8-15-24(18-11-5-2-6-12-18)21(29-24)17-9-3-1-4-10-17/h1-6,9-12,19-21H,7-8,13-16H2,(H2,25,27)(H,26,28). The van der Waals surface area contributed by atoms with Gasteiger partial charge < -0.3 is 15.8 Å². The van der Waals surface area contributed by atoms with Gasteiger partial charge in [-0.3, -0.25) is 9.59 Å². The third-order valence-electron chi connectivity index (χ3n) is 6.30. The summed E-state index contributed by atoms with van der Waals surface area (Å²) in [4.78, 5) is 24.0. The number of nitrogens with two attached hydrogens (primary N) is 1. The molecule has 1 saturated carbocycles. The number of hydrogen-bond donors (Lipinski definition) is 2. The summed E-state index contributed by atoms with van der Waals surface area (Å²) in [6, 6.07) is 20.6. The van der Waals surface area contributed by atoms with E-state index in [0.29, 0.717) is 6.54 Å². The van der Waals surface area contributed by atoms with Crippen LogP contribution in [0.3, 0.4) is 0 Å². The Morgan fingerprint density at radius 3 is 2.34 bits per heavy atom. The summed E-state index contributed by atoms with van der Waals surface area (Å²) in [6.07, 6.45) is 4.01. The van der Waals surface area contributed by atoms with E-state index in [-0.39, 0.29) is 35.4 Å². The first-order chi connectivity index (χ1) is 14.1. The van der Waals surface area contributed by atoms with E-state index in [2.05, 4.69) is 29.6 Å². The van der Waals surface area contributed by atoms with Crippen molar-refractivity contribution < 1.29 is 14.3 Å². The average molecular weight is 392 g/mol. The predicted molar refractivity (Wildman–Crippen MR) is 111 cm³/mol. The van der Waals surface area contributed by atoms with E-state index >= 15 is 0 Å². The number of carbonyl (C=O) groups is 2. The van der Waals surface area contributed by atoms with Gasteiger partial charge in [-0.2, -0.15) is 0 Å². The van der Waals surface area contributed by atoms with Crippen LogP contribution < -0.4 is 11.1 Å². The number of epoxide rings is 1. The van der Waals surface area contributed by atoms with E-state index in [1.807, 2.05) is 36.4 Å². The molecule has 2 aromatic rings. The zero-order valence-electron chi connectivity index (χ0n) is 16.6. The number of amides is 2. The first kappa shape index (κ1) is 19.6. The fourth-order valence-electron chi connectivity index (χ4n) is 4.72. The lowest BCUT2D eigenvalue weighted by atomic mass is 9.88. The molecule has 0 aromatic heterocycles. The Morgan fingerprint density at radius 2 is 1.66 bits per heavy atom. The average Bonchev–Trinajstić information content (AvgIpc) is 3.27. The molecular formula is C24H28N2O3. The van der Waals surface area contributed by atoms with Gasteiger partial charge in [0.15, 0.2) is 0 Å². The second-order valence-corrected chi connectivity index (χ2v) is 8.10. The molecule has 3 N–H and O–H groups in total. The maximum Gasteiger partial charge on any atom is 0.223 e. The van der Waals surface area contributed by atoms with Crippen LogP contribution in [0, 0.1) is 11.8 Å². The molecule has 29 heavy (non-hydrogen) atoms. The fraction of sp³-hybridized carbons (Fsp3) is 0.417. The Hall–Kier alpha value is -2.66. The Bertz CT molecular complexity index is 855. The molecule has 2 aliphatic rings. The van der Waals surface area contributed by atoms with Crippen LogP contribution in [-0.4, -0.2) is 18.4 Å². The van der Waals surface area contributed by atoms with Crippen LogP contribution in [0.25, 0.3) is 0 Å². The molecule has 2 amide bonds. The van der Waals surface area contributed by atoms with E-state index in [0.717, 1.165) is 32.1 Å². The lowest BCUT2D eigenvalue weighted by Crippen LogP contribution is -2.38. The molecule has 1 saturated heterocycles. The van der Waals surface area contributed by atoms with Crippen LogP contribution >= 0.6 is 0 Å². The van der Waals surface area contributed by atoms with Crippen LogP contribution in [0.2, 0.25) is 0 Å². The first-order valence-corrected chi connectivity index (χ1v) is 10.5. The van der Waals surface area contributed by atoms with Crippen molar-refractivity contribution in [1.29, 1.82) is 0 Å². The molecule has 5 heteroatoms. The van der Waals surface area contributed by atoms with E-state index in [1.54, 1.807) is 0 Å². The Kier molecular flexibility index (Phi) is 5.67. The highest BCUT2D eigenvalue weighted by Crippen LogP contribution is 2.59. The molecule has 0 radical (unpaired) electrons. The molecule has 0 bridgehead atoms. The molecule has 4 rings (SSSR count). The predicted octanol–water partition coefficient (Wildman–Crippen LogP) is 3.45. The number of rotatable bonds is 8. The van der Waals surface area contributed by atoms with Gasteiger partial charge in [-0.05, 0) is 36.8 Å². The van der Waals surface area contributed by atoms with Crippen LogP contribution in [0.15, 0.2) is 60.7 Å². The van der Waals surface area contributed by atoms with Crippen molar-refractivity contribution in [3.63, 3.8) is 0 Å². The second kappa shape index (κ2) is 8.37. The van der Waals surface area contributed by atoms with E-state index in [4.69, 9.17) is 10.5 Å². The Morgan fingerprint density at radius 1 is 1.00 bits per heavy atom. The number of nitrogens with one attached hydrogen (secondary N) is 1. The molecule has 4 atom stereocenters. The highest BCUT2D eigenvalue weighted by molar-refractivity contribution is 5.87. The van der Waals surface area contributed by atoms with Gasteiger partial charge in [0.2, 0.25) is 11.8 Å². The molecule has 5 nitrogen and oxygen atoms in total. The zero-order chi connectivity index (χ0) is 20.3. The van der Waals surface area contributed by atoms with Gasteiger partial charge in [0.1, 0.15) is 11.7 Å². The maximum atomic E-state index is 12.5. The molecule has 1 aliphatic carbocycles. The molecule has 152 valence electrons. The molecule has 2 fully saturated rings. The van der Waals surface area contributed by atoms with E-state index in [1.165, 1.54) is 11.1 Å². The minimum absolute atomic E-state index is 0.0378. The zero-order valence-corrected chi connectivity index (χ0v) is 16.6. The minimum atomic E-state index is -0.359. The molecule has 4 unspecified atom stereocenters. The number of benzene rings is 2. The summed E-state index contributed by atoms with van der Waals surface area (Å²) >= 11 is 0. The summed E-state index contributed by atoms with van der Waals surface area (Å²) in [5.74, 6) is -0.996. The van der Waals surface area contributed by atoms with Crippen molar-refractivity contribution in [3.05, 3.63) is 71.8 Å². The quantitative estimate of drug-likeness (QED) is 0.533. The third kappa shape index (κ3) is 4.06. The molecule has 1 heterocycles. The highest BCUT2D eigenvalue weighted by Gasteiger charge is 2.57. The molecule has 2 aromatic carbocycles. The minimum Gasteiger partial charge on any atom is -0.369 e. The molecule has 1 aliphatic heterocycles. The maximum absolute atomic E-state index is 12.5. The molecule has 0 spiro atoms. The monoisotopic (exact) mass is 392 g/mol. The van der Waals surface area contributed by atoms with Gasteiger partial charge in [0.25, 0.3) is 0 Å². The van der Waals surface area contributed by atoms with Crippen LogP contribution in [0.1, 0.15) is 49.3 Å². The van der Waals surface area contributed by atoms with Gasteiger partial charge in [0, 0.05) is 18.4 Å². The number of primary amides is 1. The van der Waals surface area contributed by atoms with E-state index in [9.17, 15) is 9.59 Å². The number of hydrogen-bond acceptors (Lipinski definition) is 3. The largest absolute Gasteiger partial charge is 0.369 e. The first-order valence-electron chi connectivity index (χ1n) is 10.5. The van der Waals surface area contributed by atoms with Crippen molar-refractivity contribution in [2.24, 2.45) is 17.6 Å². The SMILES string of the molecule is NC(=O)C1CCCC1C(=O)NCCCC1(c2ccccc2)OC1c1ccccc1. The summed E-state index contributed by atoms with van der Waals surface area (Å²) in [5, 5.41) is 3.01. The topological polar surface area (TPSA) is 84.7 Å². The van der Waals surface area contributed by atoms with E-state index < -0.39 is 0 Å². The van der Waals surface area contributed by atoms with Crippen molar-refractivity contribution in [1.82, 2.24) is 5.32 Å². The summed E-state index contributed by atoms with van der Waals surface area (Å²) in [6.45, 7) is 0.570. The number of ether oxygens (including phenoxy) is 1. The van der Waals surface area contributed by atoms with Gasteiger partial charge in [-0.1, -0.05) is 67.1 Å². The lowest BCUT2D eigenvalue weighted by molar-refractivity contribution is -0.132. The fourth-order valence-corrected chi connectivity index (χ4v) is 4.72. The number of carbonyl (C=O) groups excluding carboxylic acids is 2. The third-order valence-corrected chi connectivity index (χ3v) is 6.30. The Balaban J connectivity index is 1.36. The summed E-state index contributed by atoms with van der Waals surface area (Å²) < 4.78 is 6.26. The van der Waals surface area contributed by atoms with Crippen molar-refractivity contribution >= 4 is 11.8 Å². The van der Waals surface area contributed by atoms with Crippen LogP contribution in [-0.2, 0) is 19.9 Å². The van der Waals surface area contributed by atoms with Crippen LogP contribution in [0.4, 0.5) is 0 Å². The lowest BCUT2D eigenvalue weighted by Gasteiger charge is -2.17. The molecular weight excluding hydrogens is 364 g/mol. The Labute approximate surface area is 171 Å². The van der Waals surface area contributed by atoms with Crippen LogP contribution in [0.5, 0.6) is 0 Å².